The van der Waals surface area contributed by atoms with Crippen molar-refractivity contribution < 1.29 is 30.9 Å². The van der Waals surface area contributed by atoms with E-state index in [1.165, 1.54) is 0 Å². The summed E-state index contributed by atoms with van der Waals surface area (Å²) in [6.07, 6.45) is -9.70. The van der Waals surface area contributed by atoms with Gasteiger partial charge in [-0.15, -0.1) is 0 Å². The molecule has 0 aliphatic heterocycles. The lowest BCUT2D eigenvalue weighted by Gasteiger charge is -2.13. The molecule has 1 nitrogen and oxygen atoms in total. The third kappa shape index (κ3) is 3.01. The van der Waals surface area contributed by atoms with Crippen molar-refractivity contribution in [3.8, 4) is 5.75 Å². The highest BCUT2D eigenvalue weighted by molar-refractivity contribution is 7.10. The highest BCUT2D eigenvalue weighted by Gasteiger charge is 2.37. The van der Waals surface area contributed by atoms with Gasteiger partial charge in [-0.25, -0.2) is 0 Å². The first-order valence-corrected chi connectivity index (χ1v) is 4.28. The van der Waals surface area contributed by atoms with Crippen LogP contribution in [0.1, 0.15) is 11.1 Å². The summed E-state index contributed by atoms with van der Waals surface area (Å²) in [5.74, 6) is -0.521. The van der Waals surface area contributed by atoms with E-state index in [2.05, 4.69) is 4.52 Å². The van der Waals surface area contributed by atoms with Gasteiger partial charge in [-0.05, 0) is 18.2 Å². The molecule has 8 heteroatoms. The predicted octanol–water partition coefficient (Wildman–Crippen LogP) is 3.89. The van der Waals surface area contributed by atoms with E-state index in [-0.39, 0.29) is 6.07 Å². The monoisotopic (exact) mass is 262 g/mol. The Labute approximate surface area is 88.7 Å². The van der Waals surface area contributed by atoms with Crippen LogP contribution in [0, 0.1) is 0 Å². The van der Waals surface area contributed by atoms with Crippen LogP contribution >= 0.6 is 9.47 Å². The van der Waals surface area contributed by atoms with Crippen molar-refractivity contribution in [1.82, 2.24) is 0 Å². The van der Waals surface area contributed by atoms with E-state index < -0.39 is 29.2 Å². The lowest BCUT2D eigenvalue weighted by molar-refractivity contribution is -0.143. The van der Waals surface area contributed by atoms with E-state index >= 15 is 0 Å². The SMILES string of the molecule is FC(F)(F)c1cc(OP)cc(C(F)(F)F)c1. The molecule has 1 rings (SSSR count). The molecule has 1 aromatic rings. The molecular formula is C8H5F6OP. The second-order valence-corrected chi connectivity index (χ2v) is 3.10. The molecule has 0 fully saturated rings. The van der Waals surface area contributed by atoms with Crippen molar-refractivity contribution in [2.75, 3.05) is 0 Å². The van der Waals surface area contributed by atoms with E-state index in [1.807, 2.05) is 0 Å². The van der Waals surface area contributed by atoms with Crippen LogP contribution < -0.4 is 4.52 Å². The van der Waals surface area contributed by atoms with Gasteiger partial charge in [0.05, 0.1) is 20.6 Å². The molecule has 0 spiro atoms. The number of halogens is 6. The van der Waals surface area contributed by atoms with Crippen molar-refractivity contribution in [2.45, 2.75) is 12.4 Å². The lowest BCUT2D eigenvalue weighted by Crippen LogP contribution is -2.10. The van der Waals surface area contributed by atoms with Crippen LogP contribution in [0.15, 0.2) is 18.2 Å². The fourth-order valence-electron chi connectivity index (χ4n) is 0.994. The summed E-state index contributed by atoms with van der Waals surface area (Å²) in [6.45, 7) is 0. The van der Waals surface area contributed by atoms with Gasteiger partial charge in [0.2, 0.25) is 0 Å². The second-order valence-electron chi connectivity index (χ2n) is 2.86. The van der Waals surface area contributed by atoms with Crippen molar-refractivity contribution >= 4 is 9.47 Å². The van der Waals surface area contributed by atoms with Crippen molar-refractivity contribution in [2.24, 2.45) is 0 Å². The molecule has 0 bridgehead atoms. The molecule has 0 amide bonds. The number of benzene rings is 1. The van der Waals surface area contributed by atoms with Gasteiger partial charge in [0.25, 0.3) is 0 Å². The summed E-state index contributed by atoms with van der Waals surface area (Å²) >= 11 is 0. The summed E-state index contributed by atoms with van der Waals surface area (Å²) in [5.41, 5.74) is -2.81. The molecule has 0 saturated carbocycles. The van der Waals surface area contributed by atoms with Crippen LogP contribution in [0.25, 0.3) is 0 Å². The Balaban J connectivity index is 3.33. The molecule has 16 heavy (non-hydrogen) atoms. The molecule has 1 aromatic carbocycles. The van der Waals surface area contributed by atoms with Gasteiger partial charge in [0, 0.05) is 0 Å². The minimum atomic E-state index is -4.85. The van der Waals surface area contributed by atoms with Crippen molar-refractivity contribution in [3.63, 3.8) is 0 Å². The number of rotatable bonds is 1. The third-order valence-electron chi connectivity index (χ3n) is 1.70. The molecule has 0 heterocycles. The van der Waals surface area contributed by atoms with Gasteiger partial charge in [0.15, 0.2) is 0 Å². The van der Waals surface area contributed by atoms with Gasteiger partial charge < -0.3 is 4.52 Å². The first-order chi connectivity index (χ1) is 7.14. The lowest BCUT2D eigenvalue weighted by atomic mass is 10.1. The Bertz CT molecular complexity index is 351. The summed E-state index contributed by atoms with van der Waals surface area (Å²) in [6, 6.07) is 1.01. The van der Waals surface area contributed by atoms with Crippen molar-refractivity contribution in [1.29, 1.82) is 0 Å². The Morgan fingerprint density at radius 2 is 1.19 bits per heavy atom. The van der Waals surface area contributed by atoms with Crippen molar-refractivity contribution in [3.05, 3.63) is 29.3 Å². The fraction of sp³-hybridized carbons (Fsp3) is 0.250. The minimum Gasteiger partial charge on any atom is -0.480 e. The van der Waals surface area contributed by atoms with Crippen LogP contribution in [0.3, 0.4) is 0 Å². The normalized spacial score (nSPS) is 12.7. The van der Waals surface area contributed by atoms with Crippen LogP contribution in [0.2, 0.25) is 0 Å². The summed E-state index contributed by atoms with van der Waals surface area (Å²) in [5, 5.41) is 0. The largest absolute Gasteiger partial charge is 0.480 e. The third-order valence-corrected chi connectivity index (χ3v) is 1.97. The van der Waals surface area contributed by atoms with Crippen LogP contribution in [-0.2, 0) is 12.4 Å². The standard InChI is InChI=1S/C8H5F6OP/c9-7(10,11)4-1-5(8(12,13)14)3-6(2-4)15-16/h1-3H,16H2. The average molecular weight is 262 g/mol. The number of alkyl halides is 6. The van der Waals surface area contributed by atoms with Gasteiger partial charge in [0.1, 0.15) is 5.75 Å². The molecule has 0 aliphatic carbocycles. The minimum absolute atomic E-state index is 0.0349. The molecule has 0 N–H and O–H groups in total. The second kappa shape index (κ2) is 4.13. The summed E-state index contributed by atoms with van der Waals surface area (Å²) < 4.78 is 77.8. The Morgan fingerprint density at radius 3 is 1.44 bits per heavy atom. The number of hydrogen-bond donors (Lipinski definition) is 0. The Hall–Kier alpha value is -0.970. The van der Waals surface area contributed by atoms with E-state index in [0.29, 0.717) is 12.1 Å². The first kappa shape index (κ1) is 13.1. The molecule has 0 aliphatic rings. The smallest absolute Gasteiger partial charge is 0.416 e. The summed E-state index contributed by atoms with van der Waals surface area (Å²) in [4.78, 5) is 0. The highest BCUT2D eigenvalue weighted by Crippen LogP contribution is 2.38. The molecule has 1 atom stereocenters. The zero-order chi connectivity index (χ0) is 12.6. The zero-order valence-corrected chi connectivity index (χ0v) is 8.64. The Kier molecular flexibility index (Phi) is 3.38. The molecule has 0 radical (unpaired) electrons. The highest BCUT2D eigenvalue weighted by atomic mass is 31.0. The van der Waals surface area contributed by atoms with E-state index in [0.717, 1.165) is 0 Å². The van der Waals surface area contributed by atoms with E-state index in [1.54, 1.807) is 9.47 Å². The average Bonchev–Trinajstić information content (AvgIpc) is 2.14. The van der Waals surface area contributed by atoms with Gasteiger partial charge in [-0.1, -0.05) is 0 Å². The first-order valence-electron chi connectivity index (χ1n) is 3.81. The quantitative estimate of drug-likeness (QED) is 0.551. The van der Waals surface area contributed by atoms with Gasteiger partial charge in [-0.2, -0.15) is 26.3 Å². The van der Waals surface area contributed by atoms with Gasteiger partial charge >= 0.3 is 12.4 Å². The fourth-order valence-corrected chi connectivity index (χ4v) is 1.13. The topological polar surface area (TPSA) is 9.23 Å². The maximum atomic E-state index is 12.2. The molecule has 1 unspecified atom stereocenters. The molecule has 0 saturated heterocycles. The number of hydrogen-bond acceptors (Lipinski definition) is 1. The van der Waals surface area contributed by atoms with Crippen LogP contribution in [0.4, 0.5) is 26.3 Å². The zero-order valence-electron chi connectivity index (χ0n) is 7.49. The summed E-state index contributed by atoms with van der Waals surface area (Å²) in [7, 11) is 1.59. The molecule has 0 aromatic heterocycles. The molecule has 90 valence electrons. The molecular weight excluding hydrogens is 257 g/mol. The van der Waals surface area contributed by atoms with E-state index in [9.17, 15) is 26.3 Å². The predicted molar refractivity (Wildman–Crippen MR) is 46.8 cm³/mol. The van der Waals surface area contributed by atoms with Crippen LogP contribution in [-0.4, -0.2) is 0 Å². The maximum absolute atomic E-state index is 12.2. The Morgan fingerprint density at radius 1 is 0.812 bits per heavy atom. The van der Waals surface area contributed by atoms with Gasteiger partial charge in [-0.3, -0.25) is 0 Å². The maximum Gasteiger partial charge on any atom is 0.416 e. The van der Waals surface area contributed by atoms with E-state index in [4.69, 9.17) is 0 Å². The van der Waals surface area contributed by atoms with Crippen LogP contribution in [0.5, 0.6) is 5.75 Å².